The number of amides is 1. The molecule has 6 nitrogen and oxygen atoms in total. The zero-order valence-electron chi connectivity index (χ0n) is 13.9. The number of piperidine rings is 3. The topological polar surface area (TPSA) is 63.3 Å². The predicted molar refractivity (Wildman–Crippen MR) is 93.8 cm³/mol. The van der Waals surface area contributed by atoms with E-state index in [1.54, 1.807) is 12.5 Å². The quantitative estimate of drug-likeness (QED) is 0.798. The van der Waals surface area contributed by atoms with Crippen LogP contribution < -0.4 is 5.32 Å². The standard InChI is InChI=1S/C19H20N4O2/c24-19(21-16-11-22-7-3-13(16)4-8-22)15-9-14-17(23-5-1-2-6-23)12-25-18(14)10-20-15/h1-2,5-6,9-10,12-13,16H,3-4,7-8,11H2,(H,21,24)/t16-/m0/s1. The van der Waals surface area contributed by atoms with Crippen LogP contribution in [0, 0.1) is 5.92 Å². The Kier molecular flexibility index (Phi) is 3.38. The first-order valence-electron chi connectivity index (χ1n) is 8.82. The van der Waals surface area contributed by atoms with Crippen molar-refractivity contribution in [3.63, 3.8) is 0 Å². The molecular weight excluding hydrogens is 316 g/mol. The first-order chi connectivity index (χ1) is 12.3. The minimum Gasteiger partial charge on any atom is -0.460 e. The number of fused-ring (bicyclic) bond motifs is 4. The molecule has 6 rings (SSSR count). The van der Waals surface area contributed by atoms with Crippen LogP contribution in [0.15, 0.2) is 47.5 Å². The molecule has 0 radical (unpaired) electrons. The molecule has 128 valence electrons. The van der Waals surface area contributed by atoms with Crippen molar-refractivity contribution in [3.8, 4) is 5.69 Å². The number of rotatable bonds is 3. The molecule has 0 saturated carbocycles. The summed E-state index contributed by atoms with van der Waals surface area (Å²) in [5, 5.41) is 4.09. The van der Waals surface area contributed by atoms with Crippen LogP contribution in [0.2, 0.25) is 0 Å². The summed E-state index contributed by atoms with van der Waals surface area (Å²) in [5.74, 6) is 0.502. The van der Waals surface area contributed by atoms with Gasteiger partial charge < -0.3 is 19.2 Å². The van der Waals surface area contributed by atoms with Gasteiger partial charge >= 0.3 is 0 Å². The molecule has 3 fully saturated rings. The highest BCUT2D eigenvalue weighted by atomic mass is 16.3. The number of carbonyl (C=O) groups is 1. The Balaban J connectivity index is 1.42. The fourth-order valence-corrected chi connectivity index (χ4v) is 4.11. The minimum absolute atomic E-state index is 0.0969. The van der Waals surface area contributed by atoms with E-state index in [9.17, 15) is 4.79 Å². The van der Waals surface area contributed by atoms with Gasteiger partial charge in [0.2, 0.25) is 0 Å². The highest BCUT2D eigenvalue weighted by molar-refractivity contribution is 5.97. The summed E-state index contributed by atoms with van der Waals surface area (Å²) in [5.41, 5.74) is 2.04. The Bertz CT molecular complexity index is 907. The molecule has 25 heavy (non-hydrogen) atoms. The molecule has 3 aromatic rings. The second-order valence-electron chi connectivity index (χ2n) is 6.99. The van der Waals surface area contributed by atoms with Gasteiger partial charge in [-0.05, 0) is 50.0 Å². The number of nitrogens with one attached hydrogen (secondary N) is 1. The monoisotopic (exact) mass is 336 g/mol. The summed E-state index contributed by atoms with van der Waals surface area (Å²) in [4.78, 5) is 19.5. The van der Waals surface area contributed by atoms with Gasteiger partial charge in [0, 0.05) is 30.4 Å². The number of furan rings is 1. The van der Waals surface area contributed by atoms with Gasteiger partial charge in [0.15, 0.2) is 5.58 Å². The van der Waals surface area contributed by atoms with Crippen LogP contribution in [0.25, 0.3) is 16.7 Å². The number of carbonyl (C=O) groups excluding carboxylic acids is 1. The molecule has 6 heteroatoms. The third-order valence-corrected chi connectivity index (χ3v) is 5.53. The lowest BCUT2D eigenvalue weighted by molar-refractivity contribution is 0.0618. The van der Waals surface area contributed by atoms with Crippen molar-refractivity contribution in [1.29, 1.82) is 0 Å². The summed E-state index contributed by atoms with van der Waals surface area (Å²) >= 11 is 0. The van der Waals surface area contributed by atoms with E-state index < -0.39 is 0 Å². The fraction of sp³-hybridized carbons (Fsp3) is 0.368. The van der Waals surface area contributed by atoms with Gasteiger partial charge in [-0.2, -0.15) is 0 Å². The van der Waals surface area contributed by atoms with E-state index in [1.807, 2.05) is 35.2 Å². The van der Waals surface area contributed by atoms with Crippen LogP contribution >= 0.6 is 0 Å². The van der Waals surface area contributed by atoms with Crippen LogP contribution in [0.5, 0.6) is 0 Å². The van der Waals surface area contributed by atoms with E-state index in [2.05, 4.69) is 15.2 Å². The van der Waals surface area contributed by atoms with Gasteiger partial charge in [0.05, 0.1) is 11.9 Å². The van der Waals surface area contributed by atoms with Crippen LogP contribution in [-0.4, -0.2) is 46.0 Å². The molecule has 1 amide bonds. The van der Waals surface area contributed by atoms with Crippen molar-refractivity contribution in [2.75, 3.05) is 19.6 Å². The fourth-order valence-electron chi connectivity index (χ4n) is 4.11. The SMILES string of the molecule is O=C(N[C@H]1CN2CCC1CC2)c1cc2c(-n3cccc3)coc2cn1. The average Bonchev–Trinajstić information content (AvgIpc) is 3.31. The highest BCUT2D eigenvalue weighted by Crippen LogP contribution is 2.28. The summed E-state index contributed by atoms with van der Waals surface area (Å²) in [7, 11) is 0. The van der Waals surface area contributed by atoms with Crippen molar-refractivity contribution in [3.05, 3.63) is 48.7 Å². The van der Waals surface area contributed by atoms with E-state index in [0.29, 0.717) is 17.2 Å². The van der Waals surface area contributed by atoms with Gasteiger partial charge in [-0.3, -0.25) is 4.79 Å². The second-order valence-corrected chi connectivity index (χ2v) is 6.99. The van der Waals surface area contributed by atoms with Crippen molar-refractivity contribution < 1.29 is 9.21 Å². The Hall–Kier alpha value is -2.60. The molecule has 0 unspecified atom stereocenters. The Morgan fingerprint density at radius 1 is 1.24 bits per heavy atom. The molecule has 1 atom stereocenters. The lowest BCUT2D eigenvalue weighted by Crippen LogP contribution is -2.57. The van der Waals surface area contributed by atoms with E-state index in [-0.39, 0.29) is 11.9 Å². The van der Waals surface area contributed by atoms with E-state index in [1.165, 1.54) is 12.8 Å². The second kappa shape index (κ2) is 5.74. The van der Waals surface area contributed by atoms with Crippen molar-refractivity contribution in [2.24, 2.45) is 5.92 Å². The first kappa shape index (κ1) is 14.7. The molecule has 3 aromatic heterocycles. The number of pyridine rings is 1. The van der Waals surface area contributed by atoms with Crippen LogP contribution in [-0.2, 0) is 0 Å². The third-order valence-electron chi connectivity index (χ3n) is 5.53. The van der Waals surface area contributed by atoms with Gasteiger partial charge in [-0.1, -0.05) is 0 Å². The molecule has 1 N–H and O–H groups in total. The van der Waals surface area contributed by atoms with Gasteiger partial charge in [-0.25, -0.2) is 4.98 Å². The number of hydrogen-bond donors (Lipinski definition) is 1. The first-order valence-corrected chi connectivity index (χ1v) is 8.82. The highest BCUT2D eigenvalue weighted by Gasteiger charge is 2.35. The zero-order chi connectivity index (χ0) is 16.8. The predicted octanol–water partition coefficient (Wildman–Crippen LogP) is 2.44. The summed E-state index contributed by atoms with van der Waals surface area (Å²) < 4.78 is 7.55. The Labute approximate surface area is 145 Å². The lowest BCUT2D eigenvalue weighted by atomic mass is 9.84. The van der Waals surface area contributed by atoms with Crippen LogP contribution in [0.1, 0.15) is 23.3 Å². The molecule has 0 aromatic carbocycles. The molecule has 6 heterocycles. The Morgan fingerprint density at radius 3 is 2.76 bits per heavy atom. The molecule has 2 bridgehead atoms. The summed E-state index contributed by atoms with van der Waals surface area (Å²) in [6.45, 7) is 3.28. The molecule has 3 saturated heterocycles. The maximum absolute atomic E-state index is 12.7. The molecule has 3 aliphatic heterocycles. The normalized spacial score (nSPS) is 25.4. The van der Waals surface area contributed by atoms with Gasteiger partial charge in [0.1, 0.15) is 12.0 Å². The largest absolute Gasteiger partial charge is 0.460 e. The minimum atomic E-state index is -0.0969. The number of hydrogen-bond acceptors (Lipinski definition) is 4. The molecule has 3 aliphatic rings. The van der Waals surface area contributed by atoms with Crippen molar-refractivity contribution in [2.45, 2.75) is 18.9 Å². The molecular formula is C19H20N4O2. The third kappa shape index (κ3) is 2.53. The van der Waals surface area contributed by atoms with E-state index in [4.69, 9.17) is 4.42 Å². The smallest absolute Gasteiger partial charge is 0.270 e. The van der Waals surface area contributed by atoms with Crippen LogP contribution in [0.4, 0.5) is 0 Å². The maximum Gasteiger partial charge on any atom is 0.270 e. The maximum atomic E-state index is 12.7. The number of nitrogens with zero attached hydrogens (tertiary/aromatic N) is 3. The van der Waals surface area contributed by atoms with Crippen molar-refractivity contribution >= 4 is 16.9 Å². The van der Waals surface area contributed by atoms with E-state index in [0.717, 1.165) is 30.7 Å². The average molecular weight is 336 g/mol. The van der Waals surface area contributed by atoms with E-state index >= 15 is 0 Å². The zero-order valence-corrected chi connectivity index (χ0v) is 13.9. The number of aromatic nitrogens is 2. The lowest BCUT2D eigenvalue weighted by Gasteiger charge is -2.44. The summed E-state index contributed by atoms with van der Waals surface area (Å²) in [6, 6.07) is 5.98. The summed E-state index contributed by atoms with van der Waals surface area (Å²) in [6.07, 6.45) is 9.60. The van der Waals surface area contributed by atoms with Gasteiger partial charge in [-0.15, -0.1) is 0 Å². The molecule has 0 spiro atoms. The van der Waals surface area contributed by atoms with Crippen molar-refractivity contribution in [1.82, 2.24) is 19.8 Å². The molecule has 0 aliphatic carbocycles. The van der Waals surface area contributed by atoms with Crippen LogP contribution in [0.3, 0.4) is 0 Å². The Morgan fingerprint density at radius 2 is 2.04 bits per heavy atom. The van der Waals surface area contributed by atoms with Gasteiger partial charge in [0.25, 0.3) is 5.91 Å².